The van der Waals surface area contributed by atoms with Gasteiger partial charge in [-0.3, -0.25) is 9.79 Å². The van der Waals surface area contributed by atoms with E-state index < -0.39 is 7.82 Å². The first-order valence-corrected chi connectivity index (χ1v) is 12.4. The zero-order valence-corrected chi connectivity index (χ0v) is 18.2. The van der Waals surface area contributed by atoms with E-state index in [2.05, 4.69) is 19.9 Å². The molecule has 0 heterocycles. The molecule has 0 atom stereocenters. The van der Waals surface area contributed by atoms with E-state index >= 15 is 0 Å². The van der Waals surface area contributed by atoms with Crippen molar-refractivity contribution in [1.82, 2.24) is 0 Å². The summed E-state index contributed by atoms with van der Waals surface area (Å²) in [6.07, 6.45) is 16.4. The number of benzene rings is 1. The van der Waals surface area contributed by atoms with Gasteiger partial charge in [-0.15, -0.1) is 0 Å². The van der Waals surface area contributed by atoms with Gasteiger partial charge in [0.15, 0.2) is 0 Å². The molecule has 2 N–H and O–H groups in total. The first kappa shape index (κ1) is 27.8. The molecule has 0 bridgehead atoms. The molecule has 0 saturated carbocycles. The summed E-state index contributed by atoms with van der Waals surface area (Å²) < 4.78 is 16.3. The van der Waals surface area contributed by atoms with Gasteiger partial charge < -0.3 is 4.52 Å². The van der Waals surface area contributed by atoms with Crippen LogP contribution in [0.15, 0.2) is 18.2 Å². The third-order valence-corrected chi connectivity index (χ3v) is 5.46. The van der Waals surface area contributed by atoms with Gasteiger partial charge in [0.05, 0.1) is 0 Å². The normalized spacial score (nSPS) is 11.3. The number of rotatable bonds is 16. The van der Waals surface area contributed by atoms with E-state index in [0.29, 0.717) is 5.75 Å². The predicted molar refractivity (Wildman–Crippen MR) is 120 cm³/mol. The predicted octanol–water partition coefficient (Wildman–Crippen LogP) is 6.32. The third kappa shape index (κ3) is 13.1. The molecule has 0 spiro atoms. The minimum atomic E-state index is -4.53. The van der Waals surface area contributed by atoms with Crippen molar-refractivity contribution in [2.75, 3.05) is 0 Å². The molecule has 0 radical (unpaired) electrons. The number of phosphoric acid groups is 1. The van der Waals surface area contributed by atoms with E-state index in [1.165, 1.54) is 63.4 Å². The number of aryl methyl sites for hydroxylation is 1. The SMILES string of the molecule is CCCCCCCCc1cccc(OP(=O)(O)O)c1CCCCCCCC.[LiH]. The van der Waals surface area contributed by atoms with Crippen molar-refractivity contribution in [3.8, 4) is 5.75 Å². The Morgan fingerprint density at radius 2 is 1.29 bits per heavy atom. The van der Waals surface area contributed by atoms with E-state index in [1.807, 2.05) is 6.07 Å². The van der Waals surface area contributed by atoms with Crippen molar-refractivity contribution in [3.63, 3.8) is 0 Å². The molecule has 1 aromatic rings. The topological polar surface area (TPSA) is 66.8 Å². The molecule has 0 aromatic heterocycles. The van der Waals surface area contributed by atoms with Gasteiger partial charge in [-0.1, -0.05) is 90.2 Å². The number of unbranched alkanes of at least 4 members (excludes halogenated alkanes) is 10. The maximum absolute atomic E-state index is 11.3. The summed E-state index contributed by atoms with van der Waals surface area (Å²) in [5.41, 5.74) is 2.18. The summed E-state index contributed by atoms with van der Waals surface area (Å²) in [6.45, 7) is 4.44. The molecule has 0 amide bonds. The Kier molecular flexibility index (Phi) is 16.4. The number of hydrogen-bond acceptors (Lipinski definition) is 2. The molecule has 0 aliphatic rings. The molecular formula is C22H40LiO4P. The molecule has 0 aliphatic heterocycles. The van der Waals surface area contributed by atoms with Gasteiger partial charge in [0.2, 0.25) is 0 Å². The second-order valence-corrected chi connectivity index (χ2v) is 8.67. The molecule has 158 valence electrons. The van der Waals surface area contributed by atoms with Gasteiger partial charge in [0.1, 0.15) is 5.75 Å². The Bertz CT molecular complexity index is 559. The van der Waals surface area contributed by atoms with Crippen LogP contribution >= 0.6 is 7.82 Å². The van der Waals surface area contributed by atoms with Crippen LogP contribution in [0.5, 0.6) is 5.75 Å². The molecule has 0 fully saturated rings. The van der Waals surface area contributed by atoms with Crippen molar-refractivity contribution in [2.45, 2.75) is 104 Å². The third-order valence-electron chi connectivity index (χ3n) is 5.03. The fourth-order valence-electron chi connectivity index (χ4n) is 3.52. The maximum atomic E-state index is 11.3. The second-order valence-electron chi connectivity index (χ2n) is 7.51. The fourth-order valence-corrected chi connectivity index (χ4v) is 3.95. The Morgan fingerprint density at radius 3 is 1.82 bits per heavy atom. The summed E-state index contributed by atoms with van der Waals surface area (Å²) in [7, 11) is -4.53. The van der Waals surface area contributed by atoms with Crippen molar-refractivity contribution in [3.05, 3.63) is 29.3 Å². The van der Waals surface area contributed by atoms with E-state index in [4.69, 9.17) is 4.52 Å². The van der Waals surface area contributed by atoms with Gasteiger partial charge >= 0.3 is 26.7 Å². The summed E-state index contributed by atoms with van der Waals surface area (Å²) >= 11 is 0. The van der Waals surface area contributed by atoms with Crippen molar-refractivity contribution >= 4 is 26.7 Å². The number of hydrogen-bond donors (Lipinski definition) is 2. The zero-order chi connectivity index (χ0) is 20.0. The molecule has 0 unspecified atom stereocenters. The summed E-state index contributed by atoms with van der Waals surface area (Å²) in [5, 5.41) is 0. The van der Waals surface area contributed by atoms with Crippen molar-refractivity contribution in [1.29, 1.82) is 0 Å². The van der Waals surface area contributed by atoms with Gasteiger partial charge in [-0.2, -0.15) is 0 Å². The fraction of sp³-hybridized carbons (Fsp3) is 0.727. The average Bonchev–Trinajstić information content (AvgIpc) is 2.61. The van der Waals surface area contributed by atoms with E-state index in [-0.39, 0.29) is 18.9 Å². The van der Waals surface area contributed by atoms with Crippen molar-refractivity contribution in [2.24, 2.45) is 0 Å². The molecule has 0 aliphatic carbocycles. The monoisotopic (exact) mass is 406 g/mol. The van der Waals surface area contributed by atoms with Crippen LogP contribution in [-0.4, -0.2) is 28.6 Å². The van der Waals surface area contributed by atoms with Crippen LogP contribution in [-0.2, 0) is 17.4 Å². The molecule has 1 rings (SSSR count). The van der Waals surface area contributed by atoms with Crippen LogP contribution in [0.4, 0.5) is 0 Å². The Labute approximate surface area is 184 Å². The molecule has 4 nitrogen and oxygen atoms in total. The number of phosphoric ester groups is 1. The standard InChI is InChI=1S/C22H39O4P.Li.H/c1-3-5-7-9-11-13-16-20-17-15-19-22(26-27(23,24)25)21(20)18-14-12-10-8-6-4-2;;/h15,17,19H,3-14,16,18H2,1-2H3,(H2,23,24,25);;. The first-order chi connectivity index (χ1) is 13.0. The van der Waals surface area contributed by atoms with Crippen LogP contribution in [0.25, 0.3) is 0 Å². The van der Waals surface area contributed by atoms with E-state index in [1.54, 1.807) is 6.07 Å². The van der Waals surface area contributed by atoms with Crippen molar-refractivity contribution < 1.29 is 18.9 Å². The molecular weight excluding hydrogens is 366 g/mol. The molecule has 0 saturated heterocycles. The Morgan fingerprint density at radius 1 is 0.786 bits per heavy atom. The van der Waals surface area contributed by atoms with Gasteiger partial charge in [0.25, 0.3) is 0 Å². The zero-order valence-electron chi connectivity index (χ0n) is 17.3. The molecule has 28 heavy (non-hydrogen) atoms. The quantitative estimate of drug-likeness (QED) is 0.192. The van der Waals surface area contributed by atoms with E-state index in [9.17, 15) is 14.4 Å². The minimum absolute atomic E-state index is 0. The molecule has 6 heteroatoms. The van der Waals surface area contributed by atoms with Crippen LogP contribution in [0.3, 0.4) is 0 Å². The van der Waals surface area contributed by atoms with Gasteiger partial charge in [-0.25, -0.2) is 4.57 Å². The molecule has 1 aromatic carbocycles. The van der Waals surface area contributed by atoms with Crippen LogP contribution in [0.1, 0.15) is 102 Å². The van der Waals surface area contributed by atoms with Gasteiger partial charge in [-0.05, 0) is 42.9 Å². The van der Waals surface area contributed by atoms with E-state index in [0.717, 1.165) is 37.7 Å². The van der Waals surface area contributed by atoms with Gasteiger partial charge in [0, 0.05) is 0 Å². The summed E-state index contributed by atoms with van der Waals surface area (Å²) in [6, 6.07) is 5.63. The summed E-state index contributed by atoms with van der Waals surface area (Å²) in [5.74, 6) is 0.361. The van der Waals surface area contributed by atoms with Crippen LogP contribution in [0, 0.1) is 0 Å². The average molecular weight is 406 g/mol. The Balaban J connectivity index is 0.00000729. The first-order valence-electron chi connectivity index (χ1n) is 10.8. The summed E-state index contributed by atoms with van der Waals surface area (Å²) in [4.78, 5) is 18.5. The Hall–Kier alpha value is -0.233. The second kappa shape index (κ2) is 16.6. The van der Waals surface area contributed by atoms with Crippen LogP contribution in [0.2, 0.25) is 0 Å². The van der Waals surface area contributed by atoms with Crippen LogP contribution < -0.4 is 4.52 Å².